The maximum absolute atomic E-state index is 13.3. The molecule has 33 heavy (non-hydrogen) atoms. The van der Waals surface area contributed by atoms with Crippen molar-refractivity contribution in [2.24, 2.45) is 5.92 Å². The van der Waals surface area contributed by atoms with Gasteiger partial charge < -0.3 is 19.7 Å². The lowest BCUT2D eigenvalue weighted by Gasteiger charge is -2.21. The molecule has 1 aliphatic heterocycles. The molecule has 0 saturated carbocycles. The highest BCUT2D eigenvalue weighted by Crippen LogP contribution is 2.39. The van der Waals surface area contributed by atoms with Gasteiger partial charge in [-0.3, -0.25) is 9.59 Å². The Labute approximate surface area is 194 Å². The number of carbonyl (C=O) groups is 2. The molecule has 4 rings (SSSR count). The Hall–Kier alpha value is -3.80. The zero-order valence-electron chi connectivity index (χ0n) is 18.9. The predicted octanol–water partition coefficient (Wildman–Crippen LogP) is 3.88. The third kappa shape index (κ3) is 5.00. The van der Waals surface area contributed by atoms with Gasteiger partial charge in [0.25, 0.3) is 5.91 Å². The lowest BCUT2D eigenvalue weighted by Crippen LogP contribution is -2.35. The number of benzene rings is 3. The third-order valence-corrected chi connectivity index (χ3v) is 6.11. The lowest BCUT2D eigenvalue weighted by atomic mass is 9.87. The summed E-state index contributed by atoms with van der Waals surface area (Å²) in [6, 6.07) is 24.6. The van der Waals surface area contributed by atoms with E-state index in [0.29, 0.717) is 36.7 Å². The molecule has 1 fully saturated rings. The molecule has 170 valence electrons. The van der Waals surface area contributed by atoms with E-state index in [1.54, 1.807) is 31.3 Å². The van der Waals surface area contributed by atoms with Gasteiger partial charge in [0.1, 0.15) is 11.5 Å². The molecule has 1 N–H and O–H groups in total. The van der Waals surface area contributed by atoms with Gasteiger partial charge in [0.15, 0.2) is 0 Å². The Morgan fingerprint density at radius 3 is 2.27 bits per heavy atom. The van der Waals surface area contributed by atoms with Gasteiger partial charge in [0.05, 0.1) is 20.1 Å². The fraction of sp³-hybridized carbons (Fsp3) is 0.259. The van der Waals surface area contributed by atoms with E-state index in [4.69, 9.17) is 9.47 Å². The summed E-state index contributed by atoms with van der Waals surface area (Å²) in [7, 11) is 3.20. The van der Waals surface area contributed by atoms with E-state index in [-0.39, 0.29) is 17.7 Å². The highest BCUT2D eigenvalue weighted by atomic mass is 16.5. The van der Waals surface area contributed by atoms with Crippen LogP contribution in [0, 0.1) is 5.92 Å². The molecule has 6 nitrogen and oxygen atoms in total. The highest BCUT2D eigenvalue weighted by molar-refractivity contribution is 5.95. The molecule has 0 unspecified atom stereocenters. The van der Waals surface area contributed by atoms with Crippen LogP contribution in [0.4, 0.5) is 0 Å². The second kappa shape index (κ2) is 10.2. The van der Waals surface area contributed by atoms with Crippen molar-refractivity contribution in [3.05, 3.63) is 95.6 Å². The summed E-state index contributed by atoms with van der Waals surface area (Å²) in [5.41, 5.74) is 2.53. The first-order chi connectivity index (χ1) is 16.1. The average molecular weight is 445 g/mol. The maximum atomic E-state index is 13.3. The number of rotatable bonds is 7. The summed E-state index contributed by atoms with van der Waals surface area (Å²) in [6.45, 7) is 1.21. The van der Waals surface area contributed by atoms with Crippen LogP contribution in [0.3, 0.4) is 0 Å². The van der Waals surface area contributed by atoms with E-state index < -0.39 is 5.92 Å². The molecule has 3 aromatic carbocycles. The van der Waals surface area contributed by atoms with Crippen LogP contribution in [0.2, 0.25) is 0 Å². The first kappa shape index (κ1) is 22.4. The number of ether oxygens (including phenoxy) is 2. The summed E-state index contributed by atoms with van der Waals surface area (Å²) in [4.78, 5) is 28.2. The SMILES string of the molecule is COc1ccc([C@H]2CN(C(=O)c3ccccc3)C[C@@H]2C(=O)NCc2ccccc2)c(OC)c1. The van der Waals surface area contributed by atoms with Crippen molar-refractivity contribution in [1.29, 1.82) is 0 Å². The largest absolute Gasteiger partial charge is 0.497 e. The van der Waals surface area contributed by atoms with Crippen LogP contribution in [0.25, 0.3) is 0 Å². The monoisotopic (exact) mass is 444 g/mol. The van der Waals surface area contributed by atoms with Crippen molar-refractivity contribution in [3.8, 4) is 11.5 Å². The molecule has 2 amide bonds. The zero-order chi connectivity index (χ0) is 23.2. The molecule has 0 aliphatic carbocycles. The van der Waals surface area contributed by atoms with Crippen molar-refractivity contribution < 1.29 is 19.1 Å². The summed E-state index contributed by atoms with van der Waals surface area (Å²) < 4.78 is 11.0. The Morgan fingerprint density at radius 2 is 1.61 bits per heavy atom. The Bertz CT molecular complexity index is 1100. The summed E-state index contributed by atoms with van der Waals surface area (Å²) in [6.07, 6.45) is 0. The number of methoxy groups -OCH3 is 2. The molecular weight excluding hydrogens is 416 g/mol. The number of likely N-dealkylation sites (tertiary alicyclic amines) is 1. The Kier molecular flexibility index (Phi) is 6.93. The zero-order valence-corrected chi connectivity index (χ0v) is 18.9. The van der Waals surface area contributed by atoms with Crippen molar-refractivity contribution >= 4 is 11.8 Å². The average Bonchev–Trinajstić information content (AvgIpc) is 3.33. The van der Waals surface area contributed by atoms with Gasteiger partial charge in [-0.2, -0.15) is 0 Å². The summed E-state index contributed by atoms with van der Waals surface area (Å²) in [5.74, 6) is 0.569. The van der Waals surface area contributed by atoms with E-state index in [2.05, 4.69) is 5.32 Å². The van der Waals surface area contributed by atoms with Crippen LogP contribution < -0.4 is 14.8 Å². The van der Waals surface area contributed by atoms with E-state index >= 15 is 0 Å². The number of hydrogen-bond donors (Lipinski definition) is 1. The van der Waals surface area contributed by atoms with Gasteiger partial charge in [-0.25, -0.2) is 0 Å². The number of carbonyl (C=O) groups excluding carboxylic acids is 2. The van der Waals surface area contributed by atoms with Gasteiger partial charge in [-0.05, 0) is 23.8 Å². The van der Waals surface area contributed by atoms with Gasteiger partial charge >= 0.3 is 0 Å². The van der Waals surface area contributed by atoms with Crippen LogP contribution in [0.15, 0.2) is 78.9 Å². The molecule has 2 atom stereocenters. The molecule has 0 bridgehead atoms. The molecule has 0 radical (unpaired) electrons. The minimum atomic E-state index is -0.399. The van der Waals surface area contributed by atoms with Crippen LogP contribution in [-0.4, -0.2) is 44.0 Å². The third-order valence-electron chi connectivity index (χ3n) is 6.11. The van der Waals surface area contributed by atoms with Crippen LogP contribution in [-0.2, 0) is 11.3 Å². The number of amides is 2. The first-order valence-electron chi connectivity index (χ1n) is 11.0. The standard InChI is InChI=1S/C27H28N2O4/c1-32-21-13-14-22(25(15-21)33-2)23-17-29(27(31)20-11-7-4-8-12-20)18-24(23)26(30)28-16-19-9-5-3-6-10-19/h3-15,23-24H,16-18H2,1-2H3,(H,28,30)/t23-,24+/m1/s1. The van der Waals surface area contributed by atoms with E-state index in [0.717, 1.165) is 11.1 Å². The van der Waals surface area contributed by atoms with E-state index in [1.165, 1.54) is 0 Å². The fourth-order valence-electron chi connectivity index (χ4n) is 4.35. The molecule has 0 aromatic heterocycles. The fourth-order valence-corrected chi connectivity index (χ4v) is 4.35. The normalized spacial score (nSPS) is 17.5. The second-order valence-corrected chi connectivity index (χ2v) is 8.10. The number of nitrogens with one attached hydrogen (secondary N) is 1. The molecule has 1 saturated heterocycles. The Morgan fingerprint density at radius 1 is 0.909 bits per heavy atom. The summed E-state index contributed by atoms with van der Waals surface area (Å²) >= 11 is 0. The maximum Gasteiger partial charge on any atom is 0.253 e. The summed E-state index contributed by atoms with van der Waals surface area (Å²) in [5, 5.41) is 3.06. The molecule has 1 aliphatic rings. The molecular formula is C27H28N2O4. The van der Waals surface area contributed by atoms with Gasteiger partial charge in [0, 0.05) is 42.7 Å². The highest BCUT2D eigenvalue weighted by Gasteiger charge is 2.41. The van der Waals surface area contributed by atoms with Crippen molar-refractivity contribution in [2.45, 2.75) is 12.5 Å². The molecule has 3 aromatic rings. The van der Waals surface area contributed by atoms with Crippen molar-refractivity contribution in [1.82, 2.24) is 10.2 Å². The van der Waals surface area contributed by atoms with E-state index in [1.807, 2.05) is 66.7 Å². The lowest BCUT2D eigenvalue weighted by molar-refractivity contribution is -0.125. The van der Waals surface area contributed by atoms with Crippen molar-refractivity contribution in [2.75, 3.05) is 27.3 Å². The van der Waals surface area contributed by atoms with E-state index in [9.17, 15) is 9.59 Å². The van der Waals surface area contributed by atoms with Crippen molar-refractivity contribution in [3.63, 3.8) is 0 Å². The minimum absolute atomic E-state index is 0.0774. The molecule has 1 heterocycles. The number of nitrogens with zero attached hydrogens (tertiary/aromatic N) is 1. The quantitative estimate of drug-likeness (QED) is 0.601. The predicted molar refractivity (Wildman–Crippen MR) is 126 cm³/mol. The topological polar surface area (TPSA) is 67.9 Å². The number of hydrogen-bond acceptors (Lipinski definition) is 4. The minimum Gasteiger partial charge on any atom is -0.497 e. The van der Waals surface area contributed by atoms with Gasteiger partial charge in [-0.15, -0.1) is 0 Å². The second-order valence-electron chi connectivity index (χ2n) is 8.10. The van der Waals surface area contributed by atoms with Crippen LogP contribution >= 0.6 is 0 Å². The smallest absolute Gasteiger partial charge is 0.253 e. The Balaban J connectivity index is 1.61. The first-order valence-corrected chi connectivity index (χ1v) is 11.0. The molecule has 6 heteroatoms. The van der Waals surface area contributed by atoms with Crippen LogP contribution in [0.5, 0.6) is 11.5 Å². The van der Waals surface area contributed by atoms with Crippen LogP contribution in [0.1, 0.15) is 27.4 Å². The van der Waals surface area contributed by atoms with Gasteiger partial charge in [-0.1, -0.05) is 54.6 Å². The van der Waals surface area contributed by atoms with Gasteiger partial charge in [0.2, 0.25) is 5.91 Å². The molecule has 0 spiro atoms.